The van der Waals surface area contributed by atoms with Crippen LogP contribution in [-0.2, 0) is 26.2 Å². The van der Waals surface area contributed by atoms with Crippen molar-refractivity contribution >= 4 is 62.5 Å². The first-order valence-corrected chi connectivity index (χ1v) is 17.8. The van der Waals surface area contributed by atoms with Gasteiger partial charge < -0.3 is 15.0 Å². The quantitative estimate of drug-likeness (QED) is 0.173. The molecule has 0 spiro atoms. The molecule has 0 saturated carbocycles. The highest BCUT2D eigenvalue weighted by molar-refractivity contribution is 7.98. The number of nitrogens with zero attached hydrogens (tertiary/aromatic N) is 2. The molecule has 0 saturated heterocycles. The maximum Gasteiger partial charge on any atom is 0.264 e. The first kappa shape index (κ1) is 35.6. The zero-order chi connectivity index (χ0) is 32.4. The summed E-state index contributed by atoms with van der Waals surface area (Å²) >= 11 is 14.1. The van der Waals surface area contributed by atoms with Crippen molar-refractivity contribution in [2.45, 2.75) is 69.0 Å². The average molecular weight is 681 g/mol. The van der Waals surface area contributed by atoms with Crippen molar-refractivity contribution < 1.29 is 22.7 Å². The number of halogens is 2. The molecule has 2 amide bonds. The van der Waals surface area contributed by atoms with Crippen LogP contribution in [0.15, 0.2) is 76.5 Å². The molecule has 44 heavy (non-hydrogen) atoms. The lowest BCUT2D eigenvalue weighted by Gasteiger charge is -2.34. The van der Waals surface area contributed by atoms with Crippen LogP contribution in [0.4, 0.5) is 5.69 Å². The van der Waals surface area contributed by atoms with Gasteiger partial charge >= 0.3 is 0 Å². The summed E-state index contributed by atoms with van der Waals surface area (Å²) in [6.07, 6.45) is 2.90. The average Bonchev–Trinajstić information content (AvgIpc) is 3.01. The highest BCUT2D eigenvalue weighted by atomic mass is 35.5. The Morgan fingerprint density at radius 2 is 1.61 bits per heavy atom. The van der Waals surface area contributed by atoms with E-state index in [-0.39, 0.29) is 29.1 Å². The monoisotopic (exact) mass is 679 g/mol. The topological polar surface area (TPSA) is 96.0 Å². The molecule has 0 fully saturated rings. The molecule has 0 bridgehead atoms. The van der Waals surface area contributed by atoms with E-state index in [9.17, 15) is 18.0 Å². The molecule has 0 aliphatic rings. The summed E-state index contributed by atoms with van der Waals surface area (Å²) in [6, 6.07) is 16.9. The first-order valence-electron chi connectivity index (χ1n) is 14.4. The highest BCUT2D eigenvalue weighted by Gasteiger charge is 2.34. The number of hydrogen-bond acceptors (Lipinski definition) is 6. The Hall–Kier alpha value is -2.92. The van der Waals surface area contributed by atoms with E-state index in [0.717, 1.165) is 9.20 Å². The minimum atomic E-state index is -4.20. The van der Waals surface area contributed by atoms with E-state index in [2.05, 4.69) is 5.32 Å². The molecule has 1 N–H and O–H groups in total. The van der Waals surface area contributed by atoms with E-state index in [1.165, 1.54) is 28.8 Å². The van der Waals surface area contributed by atoms with E-state index in [0.29, 0.717) is 40.8 Å². The SMILES string of the molecule is CCOc1ccc(N(CC(=O)N(Cc2ccc(Cl)cc2Cl)C(CC)C(=O)NC(C)CC)S(=O)(=O)c2ccc(SC)cc2)cc1. The van der Waals surface area contributed by atoms with Crippen molar-refractivity contribution in [2.75, 3.05) is 23.7 Å². The van der Waals surface area contributed by atoms with Gasteiger partial charge in [-0.1, -0.05) is 43.1 Å². The second-order valence-electron chi connectivity index (χ2n) is 10.1. The first-order chi connectivity index (χ1) is 20.9. The molecule has 238 valence electrons. The van der Waals surface area contributed by atoms with Crippen LogP contribution in [0.3, 0.4) is 0 Å². The molecule has 2 atom stereocenters. The van der Waals surface area contributed by atoms with Crippen LogP contribution < -0.4 is 14.4 Å². The van der Waals surface area contributed by atoms with E-state index in [4.69, 9.17) is 27.9 Å². The standard InChI is InChI=1S/C32H39Cl2N3O5S2/c1-6-22(4)35-32(39)30(7-2)36(20-23-9-10-24(33)19-29(23)34)31(38)21-37(25-11-13-26(14-12-25)42-8-3)44(40,41)28-17-15-27(43-5)16-18-28/h9-19,22,30H,6-8,20-21H2,1-5H3,(H,35,39). The van der Waals surface area contributed by atoms with Crippen LogP contribution in [0.25, 0.3) is 0 Å². The maximum absolute atomic E-state index is 14.3. The van der Waals surface area contributed by atoms with Gasteiger partial charge in [0.2, 0.25) is 11.8 Å². The molecule has 0 aliphatic carbocycles. The molecule has 0 radical (unpaired) electrons. The Bertz CT molecular complexity index is 1520. The molecule has 3 aromatic rings. The van der Waals surface area contributed by atoms with Crippen LogP contribution in [-0.4, -0.2) is 56.6 Å². The van der Waals surface area contributed by atoms with Gasteiger partial charge in [-0.25, -0.2) is 8.42 Å². The number of hydrogen-bond donors (Lipinski definition) is 1. The van der Waals surface area contributed by atoms with Gasteiger partial charge in [-0.2, -0.15) is 0 Å². The van der Waals surface area contributed by atoms with Gasteiger partial charge in [-0.3, -0.25) is 13.9 Å². The van der Waals surface area contributed by atoms with Gasteiger partial charge in [-0.05, 0) is 99.2 Å². The van der Waals surface area contributed by atoms with Crippen LogP contribution in [0, 0.1) is 0 Å². The Morgan fingerprint density at radius 3 is 2.16 bits per heavy atom. The predicted molar refractivity (Wildman–Crippen MR) is 179 cm³/mol. The lowest BCUT2D eigenvalue weighted by molar-refractivity contribution is -0.140. The van der Waals surface area contributed by atoms with Gasteiger partial charge in [0.05, 0.1) is 17.2 Å². The van der Waals surface area contributed by atoms with Crippen LogP contribution >= 0.6 is 35.0 Å². The second kappa shape index (κ2) is 16.4. The zero-order valence-corrected chi connectivity index (χ0v) is 28.7. The molecule has 0 aliphatic heterocycles. The summed E-state index contributed by atoms with van der Waals surface area (Å²) in [7, 11) is -4.20. The second-order valence-corrected chi connectivity index (χ2v) is 13.7. The number of benzene rings is 3. The predicted octanol–water partition coefficient (Wildman–Crippen LogP) is 7.03. The Morgan fingerprint density at radius 1 is 0.955 bits per heavy atom. The van der Waals surface area contributed by atoms with Gasteiger partial charge in [-0.15, -0.1) is 11.8 Å². The van der Waals surface area contributed by atoms with Gasteiger partial charge in [0.15, 0.2) is 0 Å². The number of ether oxygens (including phenoxy) is 1. The number of amides is 2. The van der Waals surface area contributed by atoms with E-state index < -0.39 is 28.5 Å². The largest absolute Gasteiger partial charge is 0.494 e. The third-order valence-electron chi connectivity index (χ3n) is 7.10. The van der Waals surface area contributed by atoms with Crippen molar-refractivity contribution in [3.8, 4) is 5.75 Å². The van der Waals surface area contributed by atoms with Crippen molar-refractivity contribution in [3.05, 3.63) is 82.3 Å². The molecule has 8 nitrogen and oxygen atoms in total. The van der Waals surface area contributed by atoms with Crippen LogP contribution in [0.5, 0.6) is 5.75 Å². The lowest BCUT2D eigenvalue weighted by Crippen LogP contribution is -2.53. The molecule has 0 aromatic heterocycles. The minimum Gasteiger partial charge on any atom is -0.494 e. The number of rotatable bonds is 15. The van der Waals surface area contributed by atoms with Gasteiger partial charge in [0.1, 0.15) is 18.3 Å². The third kappa shape index (κ3) is 9.06. The summed E-state index contributed by atoms with van der Waals surface area (Å²) in [6.45, 7) is 7.35. The van der Waals surface area contributed by atoms with E-state index in [1.807, 2.05) is 27.0 Å². The Balaban J connectivity index is 2.09. The number of carbonyl (C=O) groups is 2. The number of carbonyl (C=O) groups excluding carboxylic acids is 2. The Kier molecular flexibility index (Phi) is 13.3. The number of anilines is 1. The van der Waals surface area contributed by atoms with Crippen molar-refractivity contribution in [2.24, 2.45) is 0 Å². The van der Waals surface area contributed by atoms with Crippen molar-refractivity contribution in [1.82, 2.24) is 10.2 Å². The van der Waals surface area contributed by atoms with Crippen LogP contribution in [0.2, 0.25) is 10.0 Å². The summed E-state index contributed by atoms with van der Waals surface area (Å²) in [4.78, 5) is 30.0. The number of thioether (sulfide) groups is 1. The zero-order valence-electron chi connectivity index (χ0n) is 25.5. The summed E-state index contributed by atoms with van der Waals surface area (Å²) in [5.74, 6) is -0.334. The summed E-state index contributed by atoms with van der Waals surface area (Å²) < 4.78 is 34.8. The smallest absolute Gasteiger partial charge is 0.264 e. The molecule has 2 unspecified atom stereocenters. The summed E-state index contributed by atoms with van der Waals surface area (Å²) in [5, 5.41) is 3.72. The number of nitrogens with one attached hydrogen (secondary N) is 1. The normalized spacial score (nSPS) is 12.7. The molecular formula is C32H39Cl2N3O5S2. The maximum atomic E-state index is 14.3. The fourth-order valence-corrected chi connectivity index (χ4v) is 6.76. The van der Waals surface area contributed by atoms with Crippen LogP contribution in [0.1, 0.15) is 46.1 Å². The van der Waals surface area contributed by atoms with Crippen molar-refractivity contribution in [3.63, 3.8) is 0 Å². The highest BCUT2D eigenvalue weighted by Crippen LogP contribution is 2.29. The fraction of sp³-hybridized carbons (Fsp3) is 0.375. The fourth-order valence-electron chi connectivity index (χ4n) is 4.47. The third-order valence-corrected chi connectivity index (χ3v) is 10.2. The van der Waals surface area contributed by atoms with E-state index in [1.54, 1.807) is 61.5 Å². The number of sulfonamides is 1. The van der Waals surface area contributed by atoms with Gasteiger partial charge in [0.25, 0.3) is 10.0 Å². The minimum absolute atomic E-state index is 0.0269. The Labute approximate surface area is 275 Å². The molecule has 3 rings (SSSR count). The molecule has 12 heteroatoms. The molecule has 3 aromatic carbocycles. The summed E-state index contributed by atoms with van der Waals surface area (Å²) in [5.41, 5.74) is 0.847. The molecule has 0 heterocycles. The lowest BCUT2D eigenvalue weighted by atomic mass is 10.1. The molecular weight excluding hydrogens is 641 g/mol. The van der Waals surface area contributed by atoms with Gasteiger partial charge in [0, 0.05) is 27.5 Å². The van der Waals surface area contributed by atoms with E-state index >= 15 is 0 Å². The van der Waals surface area contributed by atoms with Crippen molar-refractivity contribution in [1.29, 1.82) is 0 Å².